The molecule has 0 fully saturated rings. The molecule has 0 spiro atoms. The molecular weight excluding hydrogens is 393 g/mol. The lowest BCUT2D eigenvalue weighted by atomic mass is 10.1. The summed E-state index contributed by atoms with van der Waals surface area (Å²) in [5, 5.41) is 1.97. The van der Waals surface area contributed by atoms with Crippen molar-refractivity contribution in [2.75, 3.05) is 11.9 Å². The second-order valence-corrected chi connectivity index (χ2v) is 6.43. The molecule has 1 amide bonds. The summed E-state index contributed by atoms with van der Waals surface area (Å²) in [6.45, 7) is 5.62. The topological polar surface area (TPSA) is 97.5 Å². The number of halogens is 3. The Bertz CT molecular complexity index is 969. The molecule has 2 aromatic rings. The number of anilines is 1. The number of aromatic amines is 1. The van der Waals surface area contributed by atoms with E-state index in [1.165, 1.54) is 6.92 Å². The average molecular weight is 412 g/mol. The summed E-state index contributed by atoms with van der Waals surface area (Å²) in [6, 6.07) is 1.47. The van der Waals surface area contributed by atoms with E-state index in [-0.39, 0.29) is 22.9 Å². The van der Waals surface area contributed by atoms with E-state index < -0.39 is 47.6 Å². The number of amides is 1. The van der Waals surface area contributed by atoms with Crippen LogP contribution in [-0.2, 0) is 14.3 Å². The van der Waals surface area contributed by atoms with Crippen molar-refractivity contribution in [2.45, 2.75) is 33.8 Å². The van der Waals surface area contributed by atoms with Crippen molar-refractivity contribution in [3.8, 4) is 0 Å². The second kappa shape index (κ2) is 8.80. The highest BCUT2D eigenvalue weighted by Gasteiger charge is 2.25. The highest BCUT2D eigenvalue weighted by Crippen LogP contribution is 2.21. The molecular formula is C19H19F3N2O5. The third-order valence-electron chi connectivity index (χ3n) is 3.83. The van der Waals surface area contributed by atoms with Gasteiger partial charge in [0.2, 0.25) is 0 Å². The lowest BCUT2D eigenvalue weighted by molar-refractivity contribution is -0.119. The van der Waals surface area contributed by atoms with Gasteiger partial charge in [0.05, 0.1) is 17.4 Å². The Hall–Kier alpha value is -3.30. The minimum absolute atomic E-state index is 0.0509. The van der Waals surface area contributed by atoms with Crippen molar-refractivity contribution in [1.29, 1.82) is 0 Å². The van der Waals surface area contributed by atoms with Gasteiger partial charge in [0.15, 0.2) is 24.1 Å². The van der Waals surface area contributed by atoms with Gasteiger partial charge in [-0.15, -0.1) is 0 Å². The molecule has 1 aromatic heterocycles. The normalized spacial score (nSPS) is 10.8. The molecule has 0 aliphatic rings. The van der Waals surface area contributed by atoms with E-state index in [2.05, 4.69) is 4.98 Å². The van der Waals surface area contributed by atoms with E-state index in [4.69, 9.17) is 9.47 Å². The van der Waals surface area contributed by atoms with E-state index in [0.29, 0.717) is 11.8 Å². The van der Waals surface area contributed by atoms with Gasteiger partial charge in [0.25, 0.3) is 5.91 Å². The molecule has 156 valence electrons. The van der Waals surface area contributed by atoms with Crippen LogP contribution in [-0.4, -0.2) is 35.5 Å². The van der Waals surface area contributed by atoms with Gasteiger partial charge in [-0.05, 0) is 45.4 Å². The van der Waals surface area contributed by atoms with Gasteiger partial charge in [0.1, 0.15) is 5.69 Å². The Morgan fingerprint density at radius 2 is 1.72 bits per heavy atom. The number of benzene rings is 1. The lowest BCUT2D eigenvalue weighted by Crippen LogP contribution is -2.22. The number of rotatable bonds is 6. The van der Waals surface area contributed by atoms with Crippen LogP contribution < -0.4 is 5.32 Å². The molecule has 0 saturated heterocycles. The maximum absolute atomic E-state index is 13.6. The van der Waals surface area contributed by atoms with E-state index in [0.717, 1.165) is 6.07 Å². The predicted molar refractivity (Wildman–Crippen MR) is 96.0 cm³/mol. The molecule has 1 aromatic carbocycles. The quantitative estimate of drug-likeness (QED) is 0.560. The molecule has 0 aliphatic carbocycles. The Balaban J connectivity index is 2.05. The van der Waals surface area contributed by atoms with Crippen molar-refractivity contribution < 1.29 is 37.0 Å². The number of ether oxygens (including phenoxy) is 2. The largest absolute Gasteiger partial charge is 0.459 e. The summed E-state index contributed by atoms with van der Waals surface area (Å²) in [7, 11) is 0. The maximum atomic E-state index is 13.6. The van der Waals surface area contributed by atoms with Gasteiger partial charge in [-0.2, -0.15) is 0 Å². The van der Waals surface area contributed by atoms with Crippen LogP contribution in [0, 0.1) is 31.3 Å². The van der Waals surface area contributed by atoms with E-state index >= 15 is 0 Å². The molecule has 0 atom stereocenters. The van der Waals surface area contributed by atoms with Gasteiger partial charge in [-0.1, -0.05) is 0 Å². The number of H-pyrrole nitrogens is 1. The summed E-state index contributed by atoms with van der Waals surface area (Å²) in [5.74, 6) is -7.24. The number of esters is 2. The van der Waals surface area contributed by atoms with E-state index in [9.17, 15) is 27.6 Å². The van der Waals surface area contributed by atoms with Crippen LogP contribution in [0.15, 0.2) is 12.1 Å². The molecule has 29 heavy (non-hydrogen) atoms. The third kappa shape index (κ3) is 4.95. The number of hydrogen-bond acceptors (Lipinski definition) is 5. The Labute approximate surface area is 164 Å². The number of hydrogen-bond donors (Lipinski definition) is 2. The minimum atomic E-state index is -1.74. The molecule has 2 rings (SSSR count). The summed E-state index contributed by atoms with van der Waals surface area (Å²) in [6.07, 6.45) is -0.355. The SMILES string of the molecule is Cc1[nH]c(C(=O)OCC(=O)Nc2ccc(F)c(F)c2F)c(C)c1C(=O)OC(C)C. The number of carbonyl (C=O) groups excluding carboxylic acids is 3. The van der Waals surface area contributed by atoms with Crippen molar-refractivity contribution >= 4 is 23.5 Å². The smallest absolute Gasteiger partial charge is 0.355 e. The molecule has 2 N–H and O–H groups in total. The zero-order chi connectivity index (χ0) is 21.9. The van der Waals surface area contributed by atoms with Crippen LogP contribution >= 0.6 is 0 Å². The van der Waals surface area contributed by atoms with E-state index in [1.54, 1.807) is 20.8 Å². The van der Waals surface area contributed by atoms with Crippen LogP contribution in [0.25, 0.3) is 0 Å². The third-order valence-corrected chi connectivity index (χ3v) is 3.83. The van der Waals surface area contributed by atoms with Crippen molar-refractivity contribution in [3.05, 3.63) is 52.1 Å². The van der Waals surface area contributed by atoms with Crippen LogP contribution in [0.2, 0.25) is 0 Å². The van der Waals surface area contributed by atoms with Crippen molar-refractivity contribution in [1.82, 2.24) is 4.98 Å². The highest BCUT2D eigenvalue weighted by atomic mass is 19.2. The second-order valence-electron chi connectivity index (χ2n) is 6.43. The minimum Gasteiger partial charge on any atom is -0.459 e. The Morgan fingerprint density at radius 1 is 1.07 bits per heavy atom. The standard InChI is InChI=1S/C19H19F3N2O5/c1-8(2)29-18(26)14-9(3)17(23-10(14)4)19(27)28-7-13(25)24-12-6-5-11(20)15(21)16(12)22/h5-6,8,23H,7H2,1-4H3,(H,24,25). The predicted octanol–water partition coefficient (Wildman–Crippen LogP) is 3.41. The first-order chi connectivity index (χ1) is 13.5. The van der Waals surface area contributed by atoms with Gasteiger partial charge in [-0.25, -0.2) is 22.8 Å². The summed E-state index contributed by atoms with van der Waals surface area (Å²) >= 11 is 0. The fourth-order valence-electron chi connectivity index (χ4n) is 2.55. The first-order valence-electron chi connectivity index (χ1n) is 8.53. The first-order valence-corrected chi connectivity index (χ1v) is 8.53. The molecule has 0 saturated carbocycles. The molecule has 0 aliphatic heterocycles. The Morgan fingerprint density at radius 3 is 2.34 bits per heavy atom. The molecule has 0 unspecified atom stereocenters. The number of carbonyl (C=O) groups is 3. The van der Waals surface area contributed by atoms with Crippen LogP contribution in [0.1, 0.15) is 46.0 Å². The van der Waals surface area contributed by atoms with Crippen molar-refractivity contribution in [3.63, 3.8) is 0 Å². The summed E-state index contributed by atoms with van der Waals surface area (Å²) in [4.78, 5) is 38.9. The number of aromatic nitrogens is 1. The molecule has 10 heteroatoms. The van der Waals surface area contributed by atoms with Gasteiger partial charge in [-0.3, -0.25) is 4.79 Å². The maximum Gasteiger partial charge on any atom is 0.355 e. The molecule has 0 radical (unpaired) electrons. The zero-order valence-electron chi connectivity index (χ0n) is 16.1. The fraction of sp³-hybridized carbons (Fsp3) is 0.316. The average Bonchev–Trinajstić information content (AvgIpc) is 2.94. The van der Waals surface area contributed by atoms with Crippen LogP contribution in [0.3, 0.4) is 0 Å². The number of aryl methyl sites for hydroxylation is 1. The zero-order valence-corrected chi connectivity index (χ0v) is 16.1. The van der Waals surface area contributed by atoms with Crippen LogP contribution in [0.4, 0.5) is 18.9 Å². The van der Waals surface area contributed by atoms with Gasteiger partial charge < -0.3 is 19.8 Å². The summed E-state index contributed by atoms with van der Waals surface area (Å²) in [5.41, 5.74) is 0.193. The Kier molecular flexibility index (Phi) is 6.68. The summed E-state index contributed by atoms with van der Waals surface area (Å²) < 4.78 is 49.6. The molecule has 7 nitrogen and oxygen atoms in total. The fourth-order valence-corrected chi connectivity index (χ4v) is 2.55. The van der Waals surface area contributed by atoms with Gasteiger partial charge >= 0.3 is 11.9 Å². The lowest BCUT2D eigenvalue weighted by Gasteiger charge is -2.09. The van der Waals surface area contributed by atoms with Crippen molar-refractivity contribution in [2.24, 2.45) is 0 Å². The van der Waals surface area contributed by atoms with Gasteiger partial charge in [0, 0.05) is 5.69 Å². The first kappa shape index (κ1) is 22.0. The monoisotopic (exact) mass is 412 g/mol. The van der Waals surface area contributed by atoms with E-state index in [1.807, 2.05) is 5.32 Å². The molecule has 1 heterocycles. The molecule has 0 bridgehead atoms. The highest BCUT2D eigenvalue weighted by molar-refractivity contribution is 5.99. The van der Waals surface area contributed by atoms with Crippen LogP contribution in [0.5, 0.6) is 0 Å². The number of nitrogens with one attached hydrogen (secondary N) is 2.